The quantitative estimate of drug-likeness (QED) is 0.578. The van der Waals surface area contributed by atoms with E-state index in [2.05, 4.69) is 52.3 Å². The summed E-state index contributed by atoms with van der Waals surface area (Å²) < 4.78 is 12.0. The zero-order valence-electron chi connectivity index (χ0n) is 11.8. The Morgan fingerprint density at radius 1 is 0.952 bits per heavy atom. The second-order valence-corrected chi connectivity index (χ2v) is 6.69. The van der Waals surface area contributed by atoms with Gasteiger partial charge in [-0.1, -0.05) is 40.2 Å². The van der Waals surface area contributed by atoms with Crippen molar-refractivity contribution < 1.29 is 9.47 Å². The van der Waals surface area contributed by atoms with Gasteiger partial charge < -0.3 is 9.47 Å². The van der Waals surface area contributed by atoms with Gasteiger partial charge in [0.05, 0.1) is 19.0 Å². The molecule has 0 radical (unpaired) electrons. The molecule has 0 amide bonds. The van der Waals surface area contributed by atoms with Gasteiger partial charge in [0.25, 0.3) is 0 Å². The molecule has 3 aromatic rings. The van der Waals surface area contributed by atoms with E-state index in [-0.39, 0.29) is 4.83 Å². The van der Waals surface area contributed by atoms with Gasteiger partial charge in [0.15, 0.2) is 11.5 Å². The van der Waals surface area contributed by atoms with E-state index in [9.17, 15) is 0 Å². The van der Waals surface area contributed by atoms with Gasteiger partial charge in [0.1, 0.15) is 0 Å². The minimum atomic E-state index is 0.148. The summed E-state index contributed by atoms with van der Waals surface area (Å²) >= 11 is 5.60. The first-order valence-corrected chi connectivity index (χ1v) is 8.30. The molecule has 0 fully saturated rings. The number of ether oxygens (including phenoxy) is 2. The van der Waals surface area contributed by atoms with Crippen LogP contribution in [0.5, 0.6) is 11.5 Å². The second-order valence-electron chi connectivity index (χ2n) is 4.66. The molecule has 0 saturated carbocycles. The van der Waals surface area contributed by atoms with Gasteiger partial charge in [-0.15, -0.1) is 11.3 Å². The van der Waals surface area contributed by atoms with Gasteiger partial charge in [-0.3, -0.25) is 0 Å². The van der Waals surface area contributed by atoms with Gasteiger partial charge in [-0.25, -0.2) is 0 Å². The number of halogens is 1. The van der Waals surface area contributed by atoms with Crippen molar-refractivity contribution in [2.24, 2.45) is 0 Å². The Labute approximate surface area is 136 Å². The molecule has 3 rings (SSSR count). The smallest absolute Gasteiger partial charge is 0.161 e. The molecular formula is C17H15BrO2S. The first-order chi connectivity index (χ1) is 10.2. The first kappa shape index (κ1) is 14.4. The van der Waals surface area contributed by atoms with Crippen molar-refractivity contribution in [3.63, 3.8) is 0 Å². The third-order valence-electron chi connectivity index (χ3n) is 3.39. The number of hydrogen-bond acceptors (Lipinski definition) is 3. The Morgan fingerprint density at radius 3 is 2.43 bits per heavy atom. The van der Waals surface area contributed by atoms with E-state index in [1.165, 1.54) is 15.0 Å². The summed E-state index contributed by atoms with van der Waals surface area (Å²) in [6, 6.07) is 16.7. The largest absolute Gasteiger partial charge is 0.493 e. The number of hydrogen-bond donors (Lipinski definition) is 0. The average molecular weight is 363 g/mol. The minimum Gasteiger partial charge on any atom is -0.493 e. The van der Waals surface area contributed by atoms with E-state index in [0.29, 0.717) is 0 Å². The van der Waals surface area contributed by atoms with Gasteiger partial charge in [0.2, 0.25) is 0 Å². The molecular weight excluding hydrogens is 348 g/mol. The van der Waals surface area contributed by atoms with Crippen LogP contribution in [0, 0.1) is 0 Å². The Kier molecular flexibility index (Phi) is 4.17. The Morgan fingerprint density at radius 2 is 1.71 bits per heavy atom. The van der Waals surface area contributed by atoms with E-state index in [1.807, 2.05) is 12.1 Å². The number of methoxy groups -OCH3 is 2. The predicted octanol–water partition coefficient (Wildman–Crippen LogP) is 5.40. The highest BCUT2D eigenvalue weighted by Crippen LogP contribution is 2.40. The van der Waals surface area contributed by atoms with Crippen LogP contribution >= 0.6 is 27.3 Å². The maximum atomic E-state index is 5.38. The highest BCUT2D eigenvalue weighted by molar-refractivity contribution is 9.09. The number of rotatable bonds is 4. The van der Waals surface area contributed by atoms with E-state index < -0.39 is 0 Å². The number of alkyl halides is 1. The molecule has 1 aromatic heterocycles. The van der Waals surface area contributed by atoms with E-state index >= 15 is 0 Å². The van der Waals surface area contributed by atoms with Crippen LogP contribution in [0.2, 0.25) is 0 Å². The van der Waals surface area contributed by atoms with E-state index in [0.717, 1.165) is 17.1 Å². The maximum absolute atomic E-state index is 5.38. The predicted molar refractivity (Wildman–Crippen MR) is 92.1 cm³/mol. The fraction of sp³-hybridized carbons (Fsp3) is 0.176. The molecule has 1 unspecified atom stereocenters. The molecule has 2 aromatic carbocycles. The van der Waals surface area contributed by atoms with Gasteiger partial charge in [-0.2, -0.15) is 0 Å². The lowest BCUT2D eigenvalue weighted by Gasteiger charge is -2.12. The van der Waals surface area contributed by atoms with E-state index in [4.69, 9.17) is 9.47 Å². The lowest BCUT2D eigenvalue weighted by Crippen LogP contribution is -1.94. The summed E-state index contributed by atoms with van der Waals surface area (Å²) in [4.78, 5) is 1.43. The molecule has 2 nitrogen and oxygen atoms in total. The normalized spacial score (nSPS) is 12.3. The Hall–Kier alpha value is -1.52. The standard InChI is InChI=1S/C17H15BrO2S/c1-19-13-8-7-12(9-14(13)20-2)17(18)16-10-11-5-3-4-6-15(11)21-16/h3-10,17H,1-2H3. The van der Waals surface area contributed by atoms with Crippen LogP contribution in [0.1, 0.15) is 15.3 Å². The highest BCUT2D eigenvalue weighted by atomic mass is 79.9. The maximum Gasteiger partial charge on any atom is 0.161 e. The van der Waals surface area contributed by atoms with Crippen LogP contribution in [-0.4, -0.2) is 14.2 Å². The lowest BCUT2D eigenvalue weighted by molar-refractivity contribution is 0.354. The number of thiophene rings is 1. The summed E-state index contributed by atoms with van der Waals surface area (Å²) in [6.07, 6.45) is 0. The van der Waals surface area contributed by atoms with Crippen LogP contribution in [0.15, 0.2) is 48.5 Å². The van der Waals surface area contributed by atoms with Gasteiger partial charge in [0, 0.05) is 9.58 Å². The monoisotopic (exact) mass is 362 g/mol. The fourth-order valence-corrected chi connectivity index (χ4v) is 4.07. The van der Waals surface area contributed by atoms with Crippen LogP contribution in [0.3, 0.4) is 0 Å². The van der Waals surface area contributed by atoms with Crippen LogP contribution in [0.4, 0.5) is 0 Å². The number of fused-ring (bicyclic) bond motifs is 1. The van der Waals surface area contributed by atoms with Crippen LogP contribution < -0.4 is 9.47 Å². The Balaban J connectivity index is 1.99. The van der Waals surface area contributed by atoms with E-state index in [1.54, 1.807) is 25.6 Å². The first-order valence-electron chi connectivity index (χ1n) is 6.57. The molecule has 1 atom stereocenters. The lowest BCUT2D eigenvalue weighted by atomic mass is 10.1. The van der Waals surface area contributed by atoms with Gasteiger partial charge >= 0.3 is 0 Å². The molecule has 4 heteroatoms. The molecule has 0 aliphatic carbocycles. The molecule has 0 aliphatic heterocycles. The average Bonchev–Trinajstić information content (AvgIpc) is 2.97. The zero-order valence-corrected chi connectivity index (χ0v) is 14.2. The van der Waals surface area contributed by atoms with Crippen molar-refractivity contribution in [1.29, 1.82) is 0 Å². The van der Waals surface area contributed by atoms with Crippen LogP contribution in [0.25, 0.3) is 10.1 Å². The molecule has 1 heterocycles. The summed E-state index contributed by atoms with van der Waals surface area (Å²) in [6.45, 7) is 0. The molecule has 0 aliphatic rings. The fourth-order valence-electron chi connectivity index (χ4n) is 2.30. The molecule has 21 heavy (non-hydrogen) atoms. The third kappa shape index (κ3) is 2.78. The molecule has 0 saturated heterocycles. The summed E-state index contributed by atoms with van der Waals surface area (Å²) in [5.74, 6) is 1.50. The minimum absolute atomic E-state index is 0.148. The molecule has 0 spiro atoms. The van der Waals surface area contributed by atoms with Crippen molar-refractivity contribution in [3.8, 4) is 11.5 Å². The molecule has 0 N–H and O–H groups in total. The van der Waals surface area contributed by atoms with Crippen molar-refractivity contribution in [1.82, 2.24) is 0 Å². The van der Waals surface area contributed by atoms with Gasteiger partial charge in [-0.05, 0) is 35.2 Å². The highest BCUT2D eigenvalue weighted by Gasteiger charge is 2.16. The summed E-state index contributed by atoms with van der Waals surface area (Å²) in [5, 5.41) is 1.28. The van der Waals surface area contributed by atoms with Crippen molar-refractivity contribution >= 4 is 37.4 Å². The van der Waals surface area contributed by atoms with Crippen molar-refractivity contribution in [3.05, 3.63) is 59.0 Å². The third-order valence-corrected chi connectivity index (χ3v) is 5.90. The molecule has 0 bridgehead atoms. The second kappa shape index (κ2) is 6.08. The Bertz CT molecular complexity index is 733. The SMILES string of the molecule is COc1ccc(C(Br)c2cc3ccccc3s2)cc1OC. The van der Waals surface area contributed by atoms with Crippen molar-refractivity contribution in [2.75, 3.05) is 14.2 Å². The topological polar surface area (TPSA) is 18.5 Å². The molecule has 108 valence electrons. The summed E-state index contributed by atoms with van der Waals surface area (Å²) in [7, 11) is 3.31. The number of benzene rings is 2. The zero-order chi connectivity index (χ0) is 14.8. The van der Waals surface area contributed by atoms with Crippen molar-refractivity contribution in [2.45, 2.75) is 4.83 Å². The van der Waals surface area contributed by atoms with Crippen LogP contribution in [-0.2, 0) is 0 Å². The summed E-state index contributed by atoms with van der Waals surface area (Å²) in [5.41, 5.74) is 1.15.